The molecule has 4 nitrogen and oxygen atoms in total. The van der Waals surface area contributed by atoms with E-state index in [1.54, 1.807) is 4.68 Å². The highest BCUT2D eigenvalue weighted by Crippen LogP contribution is 2.08. The number of aryl methyl sites for hydroxylation is 4. The molecule has 1 heterocycles. The van der Waals surface area contributed by atoms with Crippen LogP contribution in [0, 0.1) is 6.92 Å². The minimum Gasteiger partial charge on any atom is -0.366 e. The third-order valence-corrected chi connectivity index (χ3v) is 2.59. The molecule has 0 unspecified atom stereocenters. The van der Waals surface area contributed by atoms with E-state index in [-0.39, 0.29) is 0 Å². The normalized spacial score (nSPS) is 10.6. The van der Waals surface area contributed by atoms with E-state index >= 15 is 0 Å². The molecule has 0 fully saturated rings. The molecule has 84 valence electrons. The van der Waals surface area contributed by atoms with E-state index < -0.39 is 0 Å². The maximum absolute atomic E-state index is 5.53. The van der Waals surface area contributed by atoms with Crippen molar-refractivity contribution in [3.05, 3.63) is 41.2 Å². The third-order valence-electron chi connectivity index (χ3n) is 2.59. The Morgan fingerprint density at radius 2 is 2.12 bits per heavy atom. The van der Waals surface area contributed by atoms with Gasteiger partial charge in [-0.2, -0.15) is 4.98 Å². The van der Waals surface area contributed by atoms with Crippen molar-refractivity contribution in [2.45, 2.75) is 19.8 Å². The van der Waals surface area contributed by atoms with Gasteiger partial charge in [0.25, 0.3) is 0 Å². The van der Waals surface area contributed by atoms with Crippen molar-refractivity contribution in [1.82, 2.24) is 14.8 Å². The number of hydrogen-bond donors (Lipinski definition) is 1. The van der Waals surface area contributed by atoms with E-state index in [1.165, 1.54) is 11.1 Å². The van der Waals surface area contributed by atoms with Crippen LogP contribution in [0.1, 0.15) is 17.0 Å². The Morgan fingerprint density at radius 3 is 2.75 bits per heavy atom. The van der Waals surface area contributed by atoms with Crippen LogP contribution in [0.15, 0.2) is 24.3 Å². The number of nitrogens with two attached hydrogens (primary N) is 1. The fraction of sp³-hybridized carbons (Fsp3) is 0.333. The second-order valence-electron chi connectivity index (χ2n) is 4.00. The van der Waals surface area contributed by atoms with Gasteiger partial charge in [0, 0.05) is 13.5 Å². The van der Waals surface area contributed by atoms with E-state index in [9.17, 15) is 0 Å². The van der Waals surface area contributed by atoms with Gasteiger partial charge in [0.1, 0.15) is 5.82 Å². The van der Waals surface area contributed by atoms with Gasteiger partial charge in [0.05, 0.1) is 0 Å². The highest BCUT2D eigenvalue weighted by atomic mass is 15.4. The second kappa shape index (κ2) is 4.35. The molecule has 0 spiro atoms. The Labute approximate surface area is 95.1 Å². The van der Waals surface area contributed by atoms with Crippen molar-refractivity contribution >= 4 is 5.95 Å². The van der Waals surface area contributed by atoms with Crippen LogP contribution in [0.3, 0.4) is 0 Å². The van der Waals surface area contributed by atoms with Crippen LogP contribution in [-0.4, -0.2) is 14.8 Å². The molecule has 0 radical (unpaired) electrons. The van der Waals surface area contributed by atoms with E-state index in [4.69, 9.17) is 5.73 Å². The van der Waals surface area contributed by atoms with Crippen molar-refractivity contribution in [3.8, 4) is 0 Å². The molecule has 0 aliphatic rings. The first-order valence-electron chi connectivity index (χ1n) is 5.36. The molecule has 0 aliphatic heterocycles. The van der Waals surface area contributed by atoms with Crippen LogP contribution < -0.4 is 5.73 Å². The van der Waals surface area contributed by atoms with Crippen molar-refractivity contribution in [2.75, 3.05) is 5.73 Å². The highest BCUT2D eigenvalue weighted by molar-refractivity contribution is 5.23. The lowest BCUT2D eigenvalue weighted by molar-refractivity contribution is 0.693. The van der Waals surface area contributed by atoms with Gasteiger partial charge in [-0.3, -0.25) is 4.68 Å². The largest absolute Gasteiger partial charge is 0.366 e. The molecule has 1 aromatic carbocycles. The fourth-order valence-corrected chi connectivity index (χ4v) is 1.78. The molecule has 0 saturated heterocycles. The lowest BCUT2D eigenvalue weighted by atomic mass is 10.1. The molecule has 2 N–H and O–H groups in total. The Kier molecular flexibility index (Phi) is 2.90. The van der Waals surface area contributed by atoms with Crippen LogP contribution in [0.2, 0.25) is 0 Å². The SMILES string of the molecule is Cc1cccc(CCc2nc(N)nn2C)c1. The van der Waals surface area contributed by atoms with Gasteiger partial charge in [-0.05, 0) is 18.9 Å². The Morgan fingerprint density at radius 1 is 1.31 bits per heavy atom. The van der Waals surface area contributed by atoms with Gasteiger partial charge in [0.2, 0.25) is 5.95 Å². The number of nitrogen functional groups attached to an aromatic ring is 1. The zero-order chi connectivity index (χ0) is 11.5. The monoisotopic (exact) mass is 216 g/mol. The summed E-state index contributed by atoms with van der Waals surface area (Å²) >= 11 is 0. The Balaban J connectivity index is 2.05. The summed E-state index contributed by atoms with van der Waals surface area (Å²) in [4.78, 5) is 4.18. The Hall–Kier alpha value is -1.84. The smallest absolute Gasteiger partial charge is 0.239 e. The van der Waals surface area contributed by atoms with Crippen LogP contribution in [0.25, 0.3) is 0 Å². The van der Waals surface area contributed by atoms with E-state index in [1.807, 2.05) is 7.05 Å². The third kappa shape index (κ3) is 2.39. The van der Waals surface area contributed by atoms with Crippen LogP contribution in [0.5, 0.6) is 0 Å². The predicted octanol–water partition coefficient (Wildman–Crippen LogP) is 1.49. The number of rotatable bonds is 3. The van der Waals surface area contributed by atoms with Crippen molar-refractivity contribution < 1.29 is 0 Å². The highest BCUT2D eigenvalue weighted by Gasteiger charge is 2.04. The molecule has 0 bridgehead atoms. The lowest BCUT2D eigenvalue weighted by Crippen LogP contribution is -2.01. The summed E-state index contributed by atoms with van der Waals surface area (Å²) in [6.07, 6.45) is 1.83. The first-order valence-corrected chi connectivity index (χ1v) is 5.36. The summed E-state index contributed by atoms with van der Waals surface area (Å²) in [6, 6.07) is 8.51. The maximum atomic E-state index is 5.53. The van der Waals surface area contributed by atoms with E-state index in [2.05, 4.69) is 41.3 Å². The van der Waals surface area contributed by atoms with Gasteiger partial charge in [-0.25, -0.2) is 0 Å². The van der Waals surface area contributed by atoms with Gasteiger partial charge >= 0.3 is 0 Å². The zero-order valence-electron chi connectivity index (χ0n) is 9.64. The van der Waals surface area contributed by atoms with E-state index in [0.717, 1.165) is 18.7 Å². The molecule has 16 heavy (non-hydrogen) atoms. The quantitative estimate of drug-likeness (QED) is 0.845. The van der Waals surface area contributed by atoms with Crippen molar-refractivity contribution in [3.63, 3.8) is 0 Å². The molecule has 0 atom stereocenters. The molecule has 2 rings (SSSR count). The fourth-order valence-electron chi connectivity index (χ4n) is 1.78. The maximum Gasteiger partial charge on any atom is 0.239 e. The first kappa shape index (κ1) is 10.7. The van der Waals surface area contributed by atoms with Crippen molar-refractivity contribution in [1.29, 1.82) is 0 Å². The summed E-state index contributed by atoms with van der Waals surface area (Å²) in [5.74, 6) is 1.28. The van der Waals surface area contributed by atoms with Crippen LogP contribution in [-0.2, 0) is 19.9 Å². The number of hydrogen-bond acceptors (Lipinski definition) is 3. The Bertz CT molecular complexity index is 488. The molecule has 1 aromatic heterocycles. The van der Waals surface area contributed by atoms with Gasteiger partial charge in [-0.15, -0.1) is 5.10 Å². The number of anilines is 1. The minimum atomic E-state index is 0.349. The first-order chi connectivity index (χ1) is 7.65. The second-order valence-corrected chi connectivity index (χ2v) is 4.00. The molecule has 2 aromatic rings. The predicted molar refractivity (Wildman–Crippen MR) is 64.0 cm³/mol. The molecule has 0 aliphatic carbocycles. The number of aromatic nitrogens is 3. The lowest BCUT2D eigenvalue weighted by Gasteiger charge is -2.02. The summed E-state index contributed by atoms with van der Waals surface area (Å²) in [6.45, 7) is 2.10. The summed E-state index contributed by atoms with van der Waals surface area (Å²) in [7, 11) is 1.87. The zero-order valence-corrected chi connectivity index (χ0v) is 9.64. The molecule has 0 saturated carbocycles. The number of nitrogens with zero attached hydrogens (tertiary/aromatic N) is 3. The van der Waals surface area contributed by atoms with Crippen LogP contribution in [0.4, 0.5) is 5.95 Å². The van der Waals surface area contributed by atoms with Crippen molar-refractivity contribution in [2.24, 2.45) is 7.05 Å². The summed E-state index contributed by atoms with van der Waals surface area (Å²) in [5, 5.41) is 4.02. The average Bonchev–Trinajstić information content (AvgIpc) is 2.54. The summed E-state index contributed by atoms with van der Waals surface area (Å²) < 4.78 is 1.74. The number of benzene rings is 1. The topological polar surface area (TPSA) is 56.7 Å². The standard InChI is InChI=1S/C12H16N4/c1-9-4-3-5-10(8-9)6-7-11-14-12(13)15-16(11)2/h3-5,8H,6-7H2,1-2H3,(H2,13,15). The molecule has 0 amide bonds. The molecular weight excluding hydrogens is 200 g/mol. The van der Waals surface area contributed by atoms with Gasteiger partial charge in [0.15, 0.2) is 0 Å². The minimum absolute atomic E-state index is 0.349. The van der Waals surface area contributed by atoms with E-state index in [0.29, 0.717) is 5.95 Å². The molecule has 4 heteroatoms. The van der Waals surface area contributed by atoms with Crippen LogP contribution >= 0.6 is 0 Å². The van der Waals surface area contributed by atoms with Gasteiger partial charge in [-0.1, -0.05) is 29.8 Å². The molecular formula is C12H16N4. The average molecular weight is 216 g/mol. The summed E-state index contributed by atoms with van der Waals surface area (Å²) in [5.41, 5.74) is 8.14. The van der Waals surface area contributed by atoms with Gasteiger partial charge < -0.3 is 5.73 Å².